The Morgan fingerprint density at radius 2 is 2.00 bits per heavy atom. The molecule has 1 aliphatic rings. The third kappa shape index (κ3) is 4.57. The van der Waals surface area contributed by atoms with Crippen LogP contribution in [-0.2, 0) is 4.74 Å². The topological polar surface area (TPSA) is 56.8 Å². The predicted molar refractivity (Wildman–Crippen MR) is 77.9 cm³/mol. The van der Waals surface area contributed by atoms with Gasteiger partial charge in [-0.1, -0.05) is 13.8 Å². The maximum atomic E-state index is 12.4. The number of rotatable bonds is 3. The number of hydrogen-bond acceptors (Lipinski definition) is 4. The average molecular weight is 356 g/mol. The number of cyclic esters (lactones) is 1. The number of hydrogen-bond donors (Lipinski definition) is 1. The molecule has 0 unspecified atom stereocenters. The Morgan fingerprint density at radius 1 is 1.35 bits per heavy atom. The first-order valence-electron chi connectivity index (χ1n) is 6.49. The number of carbonyl (C=O) groups is 1. The summed E-state index contributed by atoms with van der Waals surface area (Å²) in [5.74, 6) is -0.0189. The molecule has 1 amide bonds. The molecule has 1 aromatic rings. The SMILES string of the molecule is COc1ccc(OC(F)(F)F)cc1[C@@H]1NC(=O)OCC1(C)C.Cl. The highest BCUT2D eigenvalue weighted by Crippen LogP contribution is 2.42. The molecule has 0 radical (unpaired) electrons. The first-order valence-corrected chi connectivity index (χ1v) is 6.49. The molecule has 1 fully saturated rings. The summed E-state index contributed by atoms with van der Waals surface area (Å²) >= 11 is 0. The molecular formula is C14H17ClF3NO4. The summed E-state index contributed by atoms with van der Waals surface area (Å²) < 4.78 is 51.1. The molecule has 0 spiro atoms. The summed E-state index contributed by atoms with van der Waals surface area (Å²) in [4.78, 5) is 11.5. The third-order valence-corrected chi connectivity index (χ3v) is 3.36. The second-order valence-electron chi connectivity index (χ2n) is 5.59. The normalized spacial score (nSPS) is 19.9. The van der Waals surface area contributed by atoms with Crippen LogP contribution in [0.3, 0.4) is 0 Å². The second-order valence-corrected chi connectivity index (χ2v) is 5.59. The fraction of sp³-hybridized carbons (Fsp3) is 0.500. The molecule has 0 aliphatic carbocycles. The van der Waals surface area contributed by atoms with Crippen LogP contribution in [0.25, 0.3) is 0 Å². The van der Waals surface area contributed by atoms with Gasteiger partial charge in [-0.3, -0.25) is 0 Å². The molecule has 5 nitrogen and oxygen atoms in total. The Balaban J connectivity index is 0.00000264. The first-order chi connectivity index (χ1) is 10.1. The van der Waals surface area contributed by atoms with E-state index in [0.717, 1.165) is 6.07 Å². The maximum Gasteiger partial charge on any atom is 0.573 e. The molecule has 1 heterocycles. The highest BCUT2D eigenvalue weighted by Gasteiger charge is 2.40. The van der Waals surface area contributed by atoms with E-state index in [4.69, 9.17) is 9.47 Å². The standard InChI is InChI=1S/C14H16F3NO4.ClH/c1-13(2)7-21-12(19)18-11(13)9-6-8(22-14(15,16)17)4-5-10(9)20-3;/h4-6,11H,7H2,1-3H3,(H,18,19);1H/t11-;/m0./s1. The minimum Gasteiger partial charge on any atom is -0.496 e. The largest absolute Gasteiger partial charge is 0.573 e. The monoisotopic (exact) mass is 355 g/mol. The summed E-state index contributed by atoms with van der Waals surface area (Å²) in [6.45, 7) is 3.79. The predicted octanol–water partition coefficient (Wildman–Crippen LogP) is 3.82. The summed E-state index contributed by atoms with van der Waals surface area (Å²) in [5.41, 5.74) is -0.135. The minimum atomic E-state index is -4.79. The fourth-order valence-corrected chi connectivity index (χ4v) is 2.32. The van der Waals surface area contributed by atoms with Crippen molar-refractivity contribution in [1.82, 2.24) is 5.32 Å². The fourth-order valence-electron chi connectivity index (χ4n) is 2.32. The van der Waals surface area contributed by atoms with Crippen LogP contribution in [0.5, 0.6) is 11.5 Å². The number of alkyl halides is 3. The van der Waals surface area contributed by atoms with Crippen LogP contribution in [0.15, 0.2) is 18.2 Å². The number of ether oxygens (including phenoxy) is 3. The Kier molecular flexibility index (Phi) is 5.63. The van der Waals surface area contributed by atoms with Gasteiger partial charge in [0.05, 0.1) is 13.2 Å². The van der Waals surface area contributed by atoms with Gasteiger partial charge >= 0.3 is 12.5 Å². The number of benzene rings is 1. The summed E-state index contributed by atoms with van der Waals surface area (Å²) in [6.07, 6.45) is -5.42. The highest BCUT2D eigenvalue weighted by atomic mass is 35.5. The van der Waals surface area contributed by atoms with Crippen LogP contribution >= 0.6 is 12.4 Å². The molecule has 0 aromatic heterocycles. The van der Waals surface area contributed by atoms with Crippen LogP contribution in [-0.4, -0.2) is 26.2 Å². The molecule has 9 heteroatoms. The van der Waals surface area contributed by atoms with Gasteiger partial charge < -0.3 is 19.5 Å². The zero-order chi connectivity index (χ0) is 16.5. The quantitative estimate of drug-likeness (QED) is 0.895. The van der Waals surface area contributed by atoms with Crippen molar-refractivity contribution in [2.75, 3.05) is 13.7 Å². The molecular weight excluding hydrogens is 339 g/mol. The zero-order valence-electron chi connectivity index (χ0n) is 12.7. The highest BCUT2D eigenvalue weighted by molar-refractivity contribution is 5.85. The van der Waals surface area contributed by atoms with Gasteiger partial charge in [-0.05, 0) is 18.2 Å². The van der Waals surface area contributed by atoms with E-state index in [-0.39, 0.29) is 24.8 Å². The zero-order valence-corrected chi connectivity index (χ0v) is 13.5. The van der Waals surface area contributed by atoms with Crippen molar-refractivity contribution in [3.8, 4) is 11.5 Å². The van der Waals surface area contributed by atoms with Gasteiger partial charge in [0.15, 0.2) is 0 Å². The van der Waals surface area contributed by atoms with Crippen molar-refractivity contribution in [2.45, 2.75) is 26.3 Å². The molecule has 1 saturated heterocycles. The van der Waals surface area contributed by atoms with Gasteiger partial charge in [0.1, 0.15) is 18.1 Å². The van der Waals surface area contributed by atoms with E-state index in [2.05, 4.69) is 10.1 Å². The van der Waals surface area contributed by atoms with Crippen molar-refractivity contribution in [2.24, 2.45) is 5.41 Å². The Hall–Kier alpha value is -1.83. The van der Waals surface area contributed by atoms with E-state index >= 15 is 0 Å². The number of alkyl carbamates (subject to hydrolysis) is 1. The summed E-state index contributed by atoms with van der Waals surface area (Å²) in [7, 11) is 1.40. The molecule has 1 aliphatic heterocycles. The molecule has 0 bridgehead atoms. The molecule has 1 aromatic carbocycles. The van der Waals surface area contributed by atoms with Gasteiger partial charge in [-0.25, -0.2) is 4.79 Å². The van der Waals surface area contributed by atoms with Gasteiger partial charge in [0, 0.05) is 11.0 Å². The van der Waals surface area contributed by atoms with Crippen molar-refractivity contribution in [1.29, 1.82) is 0 Å². The van der Waals surface area contributed by atoms with E-state index < -0.39 is 23.9 Å². The van der Waals surface area contributed by atoms with Gasteiger partial charge in [0.25, 0.3) is 0 Å². The number of carbonyl (C=O) groups excluding carboxylic acids is 1. The molecule has 0 saturated carbocycles. The molecule has 1 atom stereocenters. The van der Waals surface area contributed by atoms with E-state index in [9.17, 15) is 18.0 Å². The molecule has 1 N–H and O–H groups in total. The van der Waals surface area contributed by atoms with Crippen molar-refractivity contribution < 1.29 is 32.2 Å². The van der Waals surface area contributed by atoms with Crippen molar-refractivity contribution in [3.63, 3.8) is 0 Å². The van der Waals surface area contributed by atoms with Gasteiger partial charge in [-0.2, -0.15) is 0 Å². The molecule has 23 heavy (non-hydrogen) atoms. The third-order valence-electron chi connectivity index (χ3n) is 3.36. The van der Waals surface area contributed by atoms with Crippen LogP contribution in [0.2, 0.25) is 0 Å². The molecule has 2 rings (SSSR count). The van der Waals surface area contributed by atoms with Gasteiger partial charge in [-0.15, -0.1) is 25.6 Å². The number of amides is 1. The van der Waals surface area contributed by atoms with E-state index in [0.29, 0.717) is 11.3 Å². The Morgan fingerprint density at radius 3 is 2.57 bits per heavy atom. The Bertz CT molecular complexity index is 578. The van der Waals surface area contributed by atoms with Crippen molar-refractivity contribution >= 4 is 18.5 Å². The van der Waals surface area contributed by atoms with Crippen LogP contribution in [0.1, 0.15) is 25.5 Å². The van der Waals surface area contributed by atoms with E-state index in [1.807, 2.05) is 13.8 Å². The van der Waals surface area contributed by atoms with Crippen molar-refractivity contribution in [3.05, 3.63) is 23.8 Å². The van der Waals surface area contributed by atoms with Gasteiger partial charge in [0.2, 0.25) is 0 Å². The van der Waals surface area contributed by atoms with Crippen LogP contribution in [0, 0.1) is 5.41 Å². The lowest BCUT2D eigenvalue weighted by molar-refractivity contribution is -0.274. The Labute approximate surface area is 137 Å². The molecule has 130 valence electrons. The lowest BCUT2D eigenvalue weighted by Crippen LogP contribution is -2.47. The van der Waals surface area contributed by atoms with E-state index in [1.165, 1.54) is 19.2 Å². The lowest BCUT2D eigenvalue weighted by Gasteiger charge is -2.39. The van der Waals surface area contributed by atoms with Crippen LogP contribution in [0.4, 0.5) is 18.0 Å². The number of methoxy groups -OCH3 is 1. The first kappa shape index (κ1) is 19.2. The summed E-state index contributed by atoms with van der Waals surface area (Å²) in [6, 6.07) is 3.17. The second kappa shape index (κ2) is 6.74. The average Bonchev–Trinajstić information content (AvgIpc) is 2.40. The number of halogens is 4. The minimum absolute atomic E-state index is 0. The summed E-state index contributed by atoms with van der Waals surface area (Å²) in [5, 5.41) is 2.61. The number of nitrogens with one attached hydrogen (secondary N) is 1. The van der Waals surface area contributed by atoms with Crippen LogP contribution < -0.4 is 14.8 Å². The van der Waals surface area contributed by atoms with E-state index in [1.54, 1.807) is 0 Å². The smallest absolute Gasteiger partial charge is 0.496 e. The maximum absolute atomic E-state index is 12.4. The lowest BCUT2D eigenvalue weighted by atomic mass is 9.80.